The van der Waals surface area contributed by atoms with Gasteiger partial charge in [-0.2, -0.15) is 0 Å². The second-order valence-corrected chi connectivity index (χ2v) is 6.04. The van der Waals surface area contributed by atoms with Gasteiger partial charge >= 0.3 is 11.9 Å². The lowest BCUT2D eigenvalue weighted by molar-refractivity contribution is -0.264. The largest absolute Gasteiger partial charge is 0.481 e. The topological polar surface area (TPSA) is 87.1 Å². The molecule has 2 N–H and O–H groups in total. The van der Waals surface area contributed by atoms with E-state index in [9.17, 15) is 14.7 Å². The lowest BCUT2D eigenvalue weighted by Gasteiger charge is -2.53. The van der Waals surface area contributed by atoms with E-state index in [2.05, 4.69) is 0 Å². The first-order valence-electron chi connectivity index (χ1n) is 6.47. The average molecular weight is 273 g/mol. The van der Waals surface area contributed by atoms with E-state index >= 15 is 0 Å². The zero-order valence-electron chi connectivity index (χ0n) is 12.0. The number of carboxylic acid groups (broad SMARTS) is 1. The van der Waals surface area contributed by atoms with Gasteiger partial charge in [0.05, 0.1) is 24.5 Å². The summed E-state index contributed by atoms with van der Waals surface area (Å²) in [7, 11) is 0. The van der Waals surface area contributed by atoms with Gasteiger partial charge in [0.1, 0.15) is 0 Å². The molecule has 1 aliphatic rings. The normalized spacial score (nSPS) is 25.8. The zero-order valence-corrected chi connectivity index (χ0v) is 12.0. The lowest BCUT2D eigenvalue weighted by atomic mass is 9.67. The average Bonchev–Trinajstić information content (AvgIpc) is 2.29. The van der Waals surface area contributed by atoms with Crippen LogP contribution in [0.2, 0.25) is 0 Å². The molecule has 1 fully saturated rings. The number of hydroxylamine groups is 2. The standard InChI is InChI=1S/C13H23NO5/c1-12(2)9(15)7-8-14(13(12,3)4)19-11(18)6-5-10(16)17/h9,15H,5-8H2,1-4H3,(H,16,17). The molecule has 6 nitrogen and oxygen atoms in total. The van der Waals surface area contributed by atoms with Crippen LogP contribution in [0, 0.1) is 5.41 Å². The summed E-state index contributed by atoms with van der Waals surface area (Å²) in [6.07, 6.45) is -0.330. The number of nitrogens with zero attached hydrogens (tertiary/aromatic N) is 1. The number of hydrogen-bond acceptors (Lipinski definition) is 5. The molecule has 0 saturated carbocycles. The predicted octanol–water partition coefficient (Wildman–Crippen LogP) is 1.18. The lowest BCUT2D eigenvalue weighted by Crippen LogP contribution is -2.63. The van der Waals surface area contributed by atoms with Crippen LogP contribution in [0.3, 0.4) is 0 Å². The molecule has 0 bridgehead atoms. The third kappa shape index (κ3) is 3.25. The molecule has 0 aromatic carbocycles. The monoisotopic (exact) mass is 273 g/mol. The molecule has 1 unspecified atom stereocenters. The molecule has 0 amide bonds. The highest BCUT2D eigenvalue weighted by molar-refractivity contribution is 5.76. The number of hydrogen-bond donors (Lipinski definition) is 2. The van der Waals surface area contributed by atoms with Crippen LogP contribution >= 0.6 is 0 Å². The zero-order chi connectivity index (χ0) is 14.8. The maximum Gasteiger partial charge on any atom is 0.325 e. The predicted molar refractivity (Wildman–Crippen MR) is 68.2 cm³/mol. The smallest absolute Gasteiger partial charge is 0.325 e. The van der Waals surface area contributed by atoms with Crippen LogP contribution in [0.25, 0.3) is 0 Å². The first kappa shape index (κ1) is 15.9. The van der Waals surface area contributed by atoms with E-state index in [0.717, 1.165) is 0 Å². The molecule has 1 atom stereocenters. The minimum atomic E-state index is -1.02. The summed E-state index contributed by atoms with van der Waals surface area (Å²) in [5.74, 6) is -1.58. The minimum Gasteiger partial charge on any atom is -0.481 e. The summed E-state index contributed by atoms with van der Waals surface area (Å²) in [5.41, 5.74) is -0.956. The summed E-state index contributed by atoms with van der Waals surface area (Å²) < 4.78 is 0. The molecule has 0 radical (unpaired) electrons. The Bertz CT molecular complexity index is 364. The molecule has 1 aliphatic heterocycles. The van der Waals surface area contributed by atoms with Gasteiger partial charge in [-0.1, -0.05) is 13.8 Å². The van der Waals surface area contributed by atoms with Gasteiger partial charge < -0.3 is 15.1 Å². The number of aliphatic carboxylic acids is 1. The molecule has 1 saturated heterocycles. The highest BCUT2D eigenvalue weighted by Gasteiger charge is 2.51. The first-order chi connectivity index (χ1) is 8.59. The van der Waals surface area contributed by atoms with E-state index in [1.165, 1.54) is 0 Å². The Balaban J connectivity index is 2.68. The van der Waals surface area contributed by atoms with Crippen LogP contribution in [0.4, 0.5) is 0 Å². The molecule has 0 aliphatic carbocycles. The number of carboxylic acids is 1. The fourth-order valence-corrected chi connectivity index (χ4v) is 2.15. The molecule has 1 rings (SSSR count). The molecule has 0 aromatic rings. The third-order valence-corrected chi connectivity index (χ3v) is 4.39. The summed E-state index contributed by atoms with van der Waals surface area (Å²) in [6.45, 7) is 8.10. The Labute approximate surface area is 113 Å². The highest BCUT2D eigenvalue weighted by atomic mass is 16.7. The van der Waals surface area contributed by atoms with Crippen molar-refractivity contribution in [2.45, 2.75) is 58.6 Å². The molecule has 6 heteroatoms. The van der Waals surface area contributed by atoms with Crippen LogP contribution in [-0.4, -0.2) is 45.4 Å². The van der Waals surface area contributed by atoms with Gasteiger partial charge in [0, 0.05) is 12.0 Å². The maximum absolute atomic E-state index is 11.6. The van der Waals surface area contributed by atoms with Crippen LogP contribution in [0.1, 0.15) is 47.0 Å². The van der Waals surface area contributed by atoms with Gasteiger partial charge in [-0.25, -0.2) is 0 Å². The summed E-state index contributed by atoms with van der Waals surface area (Å²) >= 11 is 0. The molecule has 1 heterocycles. The SMILES string of the molecule is CC1(C)C(O)CCN(OC(=O)CCC(=O)O)C1(C)C. The Morgan fingerprint density at radius 2 is 1.84 bits per heavy atom. The van der Waals surface area contributed by atoms with Gasteiger partial charge in [-0.3, -0.25) is 9.59 Å². The van der Waals surface area contributed by atoms with Gasteiger partial charge in [0.25, 0.3) is 0 Å². The second-order valence-electron chi connectivity index (χ2n) is 6.04. The molecule has 0 spiro atoms. The van der Waals surface area contributed by atoms with Crippen molar-refractivity contribution in [1.82, 2.24) is 5.06 Å². The van der Waals surface area contributed by atoms with Crippen molar-refractivity contribution in [2.24, 2.45) is 5.41 Å². The van der Waals surface area contributed by atoms with E-state index in [1.54, 1.807) is 5.06 Å². The van der Waals surface area contributed by atoms with E-state index in [4.69, 9.17) is 9.94 Å². The van der Waals surface area contributed by atoms with Gasteiger partial charge in [-0.05, 0) is 20.3 Å². The second kappa shape index (κ2) is 5.46. The van der Waals surface area contributed by atoms with Crippen LogP contribution < -0.4 is 0 Å². The molecule has 19 heavy (non-hydrogen) atoms. The van der Waals surface area contributed by atoms with Crippen molar-refractivity contribution in [1.29, 1.82) is 0 Å². The Morgan fingerprint density at radius 3 is 2.37 bits per heavy atom. The Morgan fingerprint density at radius 1 is 1.26 bits per heavy atom. The van der Waals surface area contributed by atoms with E-state index < -0.39 is 29.0 Å². The number of aliphatic hydroxyl groups is 1. The van der Waals surface area contributed by atoms with Crippen LogP contribution in [0.5, 0.6) is 0 Å². The van der Waals surface area contributed by atoms with Gasteiger partial charge in [0.15, 0.2) is 0 Å². The number of piperidine rings is 1. The number of rotatable bonds is 4. The third-order valence-electron chi connectivity index (χ3n) is 4.39. The summed E-state index contributed by atoms with van der Waals surface area (Å²) in [4.78, 5) is 27.3. The fraction of sp³-hybridized carbons (Fsp3) is 0.846. The minimum absolute atomic E-state index is 0.148. The van der Waals surface area contributed by atoms with Crippen LogP contribution in [0.15, 0.2) is 0 Å². The van der Waals surface area contributed by atoms with Crippen molar-refractivity contribution in [2.75, 3.05) is 6.54 Å². The molecular weight excluding hydrogens is 250 g/mol. The van der Waals surface area contributed by atoms with Crippen molar-refractivity contribution in [3.05, 3.63) is 0 Å². The Kier molecular flexibility index (Phi) is 4.58. The molecular formula is C13H23NO5. The fourth-order valence-electron chi connectivity index (χ4n) is 2.15. The maximum atomic E-state index is 11.6. The van der Waals surface area contributed by atoms with Gasteiger partial charge in [-0.15, -0.1) is 5.06 Å². The van der Waals surface area contributed by atoms with Crippen molar-refractivity contribution >= 4 is 11.9 Å². The van der Waals surface area contributed by atoms with E-state index in [-0.39, 0.29) is 12.8 Å². The van der Waals surface area contributed by atoms with Crippen LogP contribution in [-0.2, 0) is 14.4 Å². The number of carbonyl (C=O) groups is 2. The quantitative estimate of drug-likeness (QED) is 0.800. The number of carbonyl (C=O) groups excluding carboxylic acids is 1. The highest BCUT2D eigenvalue weighted by Crippen LogP contribution is 2.43. The van der Waals surface area contributed by atoms with Gasteiger partial charge in [0.2, 0.25) is 0 Å². The van der Waals surface area contributed by atoms with Crippen molar-refractivity contribution in [3.63, 3.8) is 0 Å². The first-order valence-corrected chi connectivity index (χ1v) is 6.47. The Hall–Kier alpha value is -1.14. The summed E-state index contributed by atoms with van der Waals surface area (Å²) in [5, 5.41) is 20.1. The molecule has 110 valence electrons. The molecule has 0 aromatic heterocycles. The van der Waals surface area contributed by atoms with Crippen molar-refractivity contribution in [3.8, 4) is 0 Å². The van der Waals surface area contributed by atoms with Crippen molar-refractivity contribution < 1.29 is 24.6 Å². The van der Waals surface area contributed by atoms with E-state index in [0.29, 0.717) is 13.0 Å². The summed E-state index contributed by atoms with van der Waals surface area (Å²) in [6, 6.07) is 0. The number of aliphatic hydroxyl groups excluding tert-OH is 1. The van der Waals surface area contributed by atoms with E-state index in [1.807, 2.05) is 27.7 Å².